The Morgan fingerprint density at radius 2 is 2.07 bits per heavy atom. The Bertz CT molecular complexity index is 903. The van der Waals surface area contributed by atoms with Crippen LogP contribution in [0.25, 0.3) is 0 Å². The second kappa shape index (κ2) is 8.05. The minimum atomic E-state index is -3.82. The Balaban J connectivity index is 1.70. The van der Waals surface area contributed by atoms with Crippen LogP contribution in [0, 0.1) is 0 Å². The first-order valence-corrected chi connectivity index (χ1v) is 10.8. The molecule has 0 saturated heterocycles. The maximum absolute atomic E-state index is 11.3. The van der Waals surface area contributed by atoms with Crippen LogP contribution in [-0.4, -0.2) is 49.0 Å². The standard InChI is InChI=1S/C16H22BrN7O2S/c1-10(21-11-3-4-11)9-24(2)15-13(17)8-20-16(23-15)22-12-5-6-14(19-7-12)27(18,25)26/h5-8,10-11,21H,3-4,9H2,1-2H3,(H2,18,25,26)(H,20,22,23). The lowest BCUT2D eigenvalue weighted by Crippen LogP contribution is -2.39. The van der Waals surface area contributed by atoms with Crippen molar-refractivity contribution in [3.63, 3.8) is 0 Å². The van der Waals surface area contributed by atoms with E-state index in [1.807, 2.05) is 7.05 Å². The predicted octanol–water partition coefficient (Wildman–Crippen LogP) is 1.60. The molecule has 1 unspecified atom stereocenters. The van der Waals surface area contributed by atoms with E-state index < -0.39 is 10.0 Å². The van der Waals surface area contributed by atoms with E-state index >= 15 is 0 Å². The number of rotatable bonds is 8. The molecule has 146 valence electrons. The van der Waals surface area contributed by atoms with Gasteiger partial charge >= 0.3 is 0 Å². The first kappa shape index (κ1) is 19.9. The SMILES string of the molecule is CC(CN(C)c1nc(Nc2ccc(S(N)(=O)=O)nc2)ncc1Br)NC1CC1. The van der Waals surface area contributed by atoms with Crippen molar-refractivity contribution in [1.29, 1.82) is 0 Å². The van der Waals surface area contributed by atoms with Crippen LogP contribution in [0.2, 0.25) is 0 Å². The highest BCUT2D eigenvalue weighted by molar-refractivity contribution is 9.10. The fourth-order valence-corrected chi connectivity index (χ4v) is 3.59. The lowest BCUT2D eigenvalue weighted by Gasteiger charge is -2.24. The van der Waals surface area contributed by atoms with Crippen molar-refractivity contribution in [2.45, 2.75) is 36.9 Å². The highest BCUT2D eigenvalue weighted by atomic mass is 79.9. The van der Waals surface area contributed by atoms with E-state index in [1.165, 1.54) is 25.1 Å². The van der Waals surface area contributed by atoms with Crippen molar-refractivity contribution in [1.82, 2.24) is 20.3 Å². The van der Waals surface area contributed by atoms with Crippen molar-refractivity contribution >= 4 is 43.4 Å². The third-order valence-corrected chi connectivity index (χ3v) is 5.40. The highest BCUT2D eigenvalue weighted by Gasteiger charge is 2.23. The number of hydrogen-bond donors (Lipinski definition) is 3. The molecule has 1 saturated carbocycles. The average Bonchev–Trinajstić information content (AvgIpc) is 3.40. The van der Waals surface area contributed by atoms with E-state index in [4.69, 9.17) is 5.14 Å². The number of nitrogens with zero attached hydrogens (tertiary/aromatic N) is 4. The summed E-state index contributed by atoms with van der Waals surface area (Å²) in [4.78, 5) is 14.7. The summed E-state index contributed by atoms with van der Waals surface area (Å²) in [5.41, 5.74) is 0.557. The van der Waals surface area contributed by atoms with Gasteiger partial charge in [-0.1, -0.05) is 0 Å². The Hall–Kier alpha value is -1.82. The maximum atomic E-state index is 11.3. The zero-order valence-corrected chi connectivity index (χ0v) is 17.5. The highest BCUT2D eigenvalue weighted by Crippen LogP contribution is 2.25. The van der Waals surface area contributed by atoms with Gasteiger partial charge in [-0.3, -0.25) is 0 Å². The van der Waals surface area contributed by atoms with Crippen molar-refractivity contribution in [2.75, 3.05) is 23.8 Å². The third-order valence-electron chi connectivity index (χ3n) is 4.02. The summed E-state index contributed by atoms with van der Waals surface area (Å²) < 4.78 is 23.3. The number of aromatic nitrogens is 3. The van der Waals surface area contributed by atoms with Crippen LogP contribution in [0.1, 0.15) is 19.8 Å². The molecular formula is C16H22BrN7O2S. The molecular weight excluding hydrogens is 434 g/mol. The van der Waals surface area contributed by atoms with Crippen molar-refractivity contribution in [3.05, 3.63) is 29.0 Å². The number of halogens is 1. The minimum Gasteiger partial charge on any atom is -0.357 e. The van der Waals surface area contributed by atoms with E-state index in [1.54, 1.807) is 12.3 Å². The fourth-order valence-electron chi connectivity index (χ4n) is 2.64. The van der Waals surface area contributed by atoms with Gasteiger partial charge in [0.2, 0.25) is 5.95 Å². The average molecular weight is 456 g/mol. The first-order chi connectivity index (χ1) is 12.7. The van der Waals surface area contributed by atoms with Gasteiger partial charge in [-0.05, 0) is 47.8 Å². The smallest absolute Gasteiger partial charge is 0.255 e. The summed E-state index contributed by atoms with van der Waals surface area (Å²) in [6.45, 7) is 2.96. The number of nitrogens with one attached hydrogen (secondary N) is 2. The van der Waals surface area contributed by atoms with Gasteiger partial charge in [0.05, 0.1) is 16.4 Å². The van der Waals surface area contributed by atoms with Crippen LogP contribution >= 0.6 is 15.9 Å². The Morgan fingerprint density at radius 3 is 2.67 bits per heavy atom. The van der Waals surface area contributed by atoms with Gasteiger partial charge in [0, 0.05) is 31.9 Å². The molecule has 2 heterocycles. The summed E-state index contributed by atoms with van der Waals surface area (Å²) in [5, 5.41) is 11.4. The third kappa shape index (κ3) is 5.58. The number of nitrogens with two attached hydrogens (primary N) is 1. The summed E-state index contributed by atoms with van der Waals surface area (Å²) in [5.74, 6) is 1.14. The van der Waals surface area contributed by atoms with Crippen LogP contribution in [0.15, 0.2) is 34.0 Å². The number of hydrogen-bond acceptors (Lipinski definition) is 8. The number of likely N-dealkylation sites (N-methyl/N-ethyl adjacent to an activating group) is 1. The van der Waals surface area contributed by atoms with Gasteiger partial charge in [-0.25, -0.2) is 23.5 Å². The predicted molar refractivity (Wildman–Crippen MR) is 108 cm³/mol. The number of anilines is 3. The van der Waals surface area contributed by atoms with E-state index in [0.29, 0.717) is 23.7 Å². The fraction of sp³-hybridized carbons (Fsp3) is 0.438. The topological polar surface area (TPSA) is 126 Å². The Labute approximate surface area is 167 Å². The molecule has 27 heavy (non-hydrogen) atoms. The largest absolute Gasteiger partial charge is 0.357 e. The number of primary sulfonamides is 1. The van der Waals surface area contributed by atoms with Gasteiger partial charge in [0.1, 0.15) is 5.82 Å². The summed E-state index contributed by atoms with van der Waals surface area (Å²) in [6.07, 6.45) is 5.54. The molecule has 0 aromatic carbocycles. The molecule has 4 N–H and O–H groups in total. The maximum Gasteiger partial charge on any atom is 0.255 e. The molecule has 1 fully saturated rings. The lowest BCUT2D eigenvalue weighted by atomic mass is 10.3. The molecule has 0 spiro atoms. The van der Waals surface area contributed by atoms with E-state index in [0.717, 1.165) is 16.8 Å². The molecule has 9 nitrogen and oxygen atoms in total. The normalized spacial score (nSPS) is 15.4. The minimum absolute atomic E-state index is 0.192. The van der Waals surface area contributed by atoms with E-state index in [2.05, 4.69) is 53.3 Å². The molecule has 3 rings (SSSR count). The first-order valence-electron chi connectivity index (χ1n) is 8.48. The molecule has 0 radical (unpaired) electrons. The van der Waals surface area contributed by atoms with Crippen LogP contribution in [-0.2, 0) is 10.0 Å². The molecule has 11 heteroatoms. The lowest BCUT2D eigenvalue weighted by molar-refractivity contribution is 0.541. The Morgan fingerprint density at radius 1 is 1.33 bits per heavy atom. The molecule has 0 aliphatic heterocycles. The molecule has 1 aliphatic carbocycles. The van der Waals surface area contributed by atoms with E-state index in [-0.39, 0.29) is 5.03 Å². The van der Waals surface area contributed by atoms with Crippen molar-refractivity contribution < 1.29 is 8.42 Å². The van der Waals surface area contributed by atoms with Gasteiger partial charge in [0.25, 0.3) is 10.0 Å². The molecule has 0 bridgehead atoms. The zero-order chi connectivity index (χ0) is 19.6. The molecule has 2 aromatic rings. The van der Waals surface area contributed by atoms with Gasteiger partial charge in [0.15, 0.2) is 5.03 Å². The van der Waals surface area contributed by atoms with Crippen LogP contribution in [0.5, 0.6) is 0 Å². The number of sulfonamides is 1. The Kier molecular flexibility index (Phi) is 5.94. The molecule has 2 aromatic heterocycles. The number of pyridine rings is 1. The van der Waals surface area contributed by atoms with Crippen molar-refractivity contribution in [3.8, 4) is 0 Å². The second-order valence-corrected chi connectivity index (χ2v) is 9.01. The molecule has 1 aliphatic rings. The zero-order valence-electron chi connectivity index (χ0n) is 15.1. The summed E-state index contributed by atoms with van der Waals surface area (Å²) in [7, 11) is -1.84. The van der Waals surface area contributed by atoms with Crippen LogP contribution in [0.4, 0.5) is 17.5 Å². The van der Waals surface area contributed by atoms with Gasteiger partial charge in [-0.15, -0.1) is 0 Å². The quantitative estimate of drug-likeness (QED) is 0.547. The van der Waals surface area contributed by atoms with Crippen LogP contribution < -0.4 is 20.7 Å². The second-order valence-electron chi connectivity index (χ2n) is 6.64. The van der Waals surface area contributed by atoms with E-state index in [9.17, 15) is 8.42 Å². The van der Waals surface area contributed by atoms with Crippen molar-refractivity contribution in [2.24, 2.45) is 5.14 Å². The summed E-state index contributed by atoms with van der Waals surface area (Å²) in [6, 6.07) is 3.88. The molecule has 0 amide bonds. The van der Waals surface area contributed by atoms with Gasteiger partial charge in [-0.2, -0.15) is 4.98 Å². The summed E-state index contributed by atoms with van der Waals surface area (Å²) >= 11 is 3.49. The molecule has 1 atom stereocenters. The monoisotopic (exact) mass is 455 g/mol. The van der Waals surface area contributed by atoms with Gasteiger partial charge < -0.3 is 15.5 Å². The van der Waals surface area contributed by atoms with Crippen LogP contribution in [0.3, 0.4) is 0 Å².